The normalized spacial score (nSPS) is 13.0. The molecule has 0 fully saturated rings. The van der Waals surface area contributed by atoms with Crippen molar-refractivity contribution in [3.8, 4) is 17.1 Å². The molecular formula is C21H16N3O2S-. The number of hydrogen-bond acceptors (Lipinski definition) is 4. The summed E-state index contributed by atoms with van der Waals surface area (Å²) >= 11 is 1.35. The Hall–Kier alpha value is -3.12. The lowest BCUT2D eigenvalue weighted by Crippen LogP contribution is -2.15. The number of rotatable bonds is 3. The van der Waals surface area contributed by atoms with Gasteiger partial charge in [-0.25, -0.2) is 4.98 Å². The molecule has 1 amide bonds. The number of carbonyl (C=O) groups excluding carboxylic acids is 1. The Morgan fingerprint density at radius 3 is 2.85 bits per heavy atom. The molecule has 1 aliphatic rings. The minimum absolute atomic E-state index is 0.213. The fourth-order valence-corrected chi connectivity index (χ4v) is 4.47. The summed E-state index contributed by atoms with van der Waals surface area (Å²) in [5.74, 6) is -0.605. The molecule has 4 aromatic rings. The van der Waals surface area contributed by atoms with Gasteiger partial charge in [0.1, 0.15) is 0 Å². The highest BCUT2D eigenvalue weighted by Crippen LogP contribution is 2.36. The average molecular weight is 374 g/mol. The molecule has 27 heavy (non-hydrogen) atoms. The predicted molar refractivity (Wildman–Crippen MR) is 105 cm³/mol. The van der Waals surface area contributed by atoms with Crippen molar-refractivity contribution >= 4 is 33.3 Å². The topological polar surface area (TPSA) is 70.0 Å². The van der Waals surface area contributed by atoms with Gasteiger partial charge in [0.05, 0.1) is 16.8 Å². The summed E-state index contributed by atoms with van der Waals surface area (Å²) in [4.78, 5) is 17.4. The van der Waals surface area contributed by atoms with Gasteiger partial charge in [0.2, 0.25) is 0 Å². The van der Waals surface area contributed by atoms with E-state index in [0.29, 0.717) is 11.7 Å². The minimum atomic E-state index is -0.392. The van der Waals surface area contributed by atoms with Gasteiger partial charge in [-0.1, -0.05) is 48.5 Å². The standard InChI is InChI=1S/C21H17N3O2S/c25-19(23-21-22-16(12-27-21)13-6-2-1-3-7-13)17-15-10-4-8-14-9-5-11-24(18(14)15)20(17)26/h1-4,6-8,10,12,26H,5,9,11H2,(H,22,23,25)/p-1. The van der Waals surface area contributed by atoms with Crippen LogP contribution in [0.3, 0.4) is 0 Å². The van der Waals surface area contributed by atoms with Gasteiger partial charge < -0.3 is 9.67 Å². The Labute approximate surface area is 159 Å². The monoisotopic (exact) mass is 374 g/mol. The van der Waals surface area contributed by atoms with E-state index in [2.05, 4.69) is 10.3 Å². The van der Waals surface area contributed by atoms with E-state index in [0.717, 1.165) is 40.6 Å². The molecule has 1 aliphatic heterocycles. The minimum Gasteiger partial charge on any atom is -0.859 e. The Morgan fingerprint density at radius 1 is 1.15 bits per heavy atom. The number of aryl methyl sites for hydroxylation is 2. The number of benzene rings is 2. The van der Waals surface area contributed by atoms with Gasteiger partial charge in [-0.05, 0) is 24.3 Å². The number of anilines is 1. The first kappa shape index (κ1) is 16.1. The Balaban J connectivity index is 1.50. The van der Waals surface area contributed by atoms with Crippen LogP contribution in [0.15, 0.2) is 53.9 Å². The van der Waals surface area contributed by atoms with E-state index in [-0.39, 0.29) is 11.4 Å². The first-order valence-corrected chi connectivity index (χ1v) is 9.74. The van der Waals surface area contributed by atoms with Crippen molar-refractivity contribution in [2.24, 2.45) is 0 Å². The highest BCUT2D eigenvalue weighted by atomic mass is 32.1. The number of hydrogen-bond donors (Lipinski definition) is 1. The van der Waals surface area contributed by atoms with Crippen molar-refractivity contribution in [3.05, 3.63) is 65.0 Å². The highest BCUT2D eigenvalue weighted by Gasteiger charge is 2.22. The highest BCUT2D eigenvalue weighted by molar-refractivity contribution is 7.14. The summed E-state index contributed by atoms with van der Waals surface area (Å²) in [6.45, 7) is 0.662. The lowest BCUT2D eigenvalue weighted by atomic mass is 10.0. The lowest BCUT2D eigenvalue weighted by Gasteiger charge is -2.20. The van der Waals surface area contributed by atoms with Crippen molar-refractivity contribution in [1.82, 2.24) is 9.55 Å². The van der Waals surface area contributed by atoms with E-state index in [4.69, 9.17) is 0 Å². The summed E-state index contributed by atoms with van der Waals surface area (Å²) in [5, 5.41) is 18.8. The summed E-state index contributed by atoms with van der Waals surface area (Å²) in [6, 6.07) is 15.6. The number of carbonyl (C=O) groups is 1. The Bertz CT molecular complexity index is 1160. The smallest absolute Gasteiger partial charge is 0.258 e. The van der Waals surface area contributed by atoms with Crippen molar-refractivity contribution in [1.29, 1.82) is 0 Å². The zero-order valence-electron chi connectivity index (χ0n) is 14.4. The van der Waals surface area contributed by atoms with Crippen molar-refractivity contribution in [3.63, 3.8) is 0 Å². The van der Waals surface area contributed by atoms with Crippen molar-refractivity contribution < 1.29 is 9.90 Å². The maximum absolute atomic E-state index is 12.9. The van der Waals surface area contributed by atoms with Crippen LogP contribution in [0, 0.1) is 0 Å². The number of nitrogens with one attached hydrogen (secondary N) is 1. The number of aromatic nitrogens is 2. The first-order chi connectivity index (χ1) is 13.2. The van der Waals surface area contributed by atoms with Crippen molar-refractivity contribution in [2.45, 2.75) is 19.4 Å². The number of thiazole rings is 1. The SMILES string of the molecule is O=C(Nc1nc(-c2ccccc2)cs1)c1c([O-])n2c3c(cccc13)CCC2. The molecule has 0 unspecified atom stereocenters. The molecule has 0 saturated heterocycles. The third kappa shape index (κ3) is 2.61. The number of nitrogens with zero attached hydrogens (tertiary/aromatic N) is 2. The Kier molecular flexibility index (Phi) is 3.72. The second kappa shape index (κ2) is 6.25. The summed E-state index contributed by atoms with van der Waals surface area (Å²) in [7, 11) is 0. The molecule has 0 saturated carbocycles. The van der Waals surface area contributed by atoms with E-state index >= 15 is 0 Å². The van der Waals surface area contributed by atoms with Crippen LogP contribution in [0.5, 0.6) is 5.88 Å². The molecule has 2 aromatic heterocycles. The molecular weight excluding hydrogens is 358 g/mol. The molecule has 3 heterocycles. The molecule has 0 aliphatic carbocycles. The summed E-state index contributed by atoms with van der Waals surface area (Å²) < 4.78 is 1.74. The molecule has 134 valence electrons. The van der Waals surface area contributed by atoms with Crippen LogP contribution in [0.25, 0.3) is 22.2 Å². The van der Waals surface area contributed by atoms with E-state index in [9.17, 15) is 9.90 Å². The van der Waals surface area contributed by atoms with Gasteiger partial charge in [0, 0.05) is 22.9 Å². The van der Waals surface area contributed by atoms with Gasteiger partial charge in [0.25, 0.3) is 5.91 Å². The number of amides is 1. The molecule has 0 bridgehead atoms. The first-order valence-electron chi connectivity index (χ1n) is 8.86. The van der Waals surface area contributed by atoms with Crippen LogP contribution in [-0.2, 0) is 13.0 Å². The summed E-state index contributed by atoms with van der Waals surface area (Å²) in [6.07, 6.45) is 1.86. The fraction of sp³-hybridized carbons (Fsp3) is 0.143. The molecule has 0 radical (unpaired) electrons. The van der Waals surface area contributed by atoms with Gasteiger partial charge in [-0.2, -0.15) is 0 Å². The van der Waals surface area contributed by atoms with E-state index < -0.39 is 5.91 Å². The zero-order valence-corrected chi connectivity index (χ0v) is 15.3. The second-order valence-electron chi connectivity index (χ2n) is 6.61. The van der Waals surface area contributed by atoms with Gasteiger partial charge >= 0.3 is 0 Å². The zero-order chi connectivity index (χ0) is 18.4. The van der Waals surface area contributed by atoms with Gasteiger partial charge in [0.15, 0.2) is 5.13 Å². The quantitative estimate of drug-likeness (QED) is 0.588. The largest absolute Gasteiger partial charge is 0.859 e. The molecule has 2 aromatic carbocycles. The van der Waals surface area contributed by atoms with Crippen LogP contribution in [0.4, 0.5) is 5.13 Å². The van der Waals surface area contributed by atoms with Gasteiger partial charge in [-0.15, -0.1) is 11.3 Å². The van der Waals surface area contributed by atoms with E-state index in [1.165, 1.54) is 11.3 Å². The average Bonchev–Trinajstić information content (AvgIpc) is 3.27. The van der Waals surface area contributed by atoms with Crippen LogP contribution in [0.1, 0.15) is 22.3 Å². The molecule has 5 rings (SSSR count). The second-order valence-corrected chi connectivity index (χ2v) is 7.46. The maximum Gasteiger partial charge on any atom is 0.258 e. The van der Waals surface area contributed by atoms with Crippen LogP contribution in [-0.4, -0.2) is 15.5 Å². The molecule has 5 nitrogen and oxygen atoms in total. The van der Waals surface area contributed by atoms with Gasteiger partial charge in [-0.3, -0.25) is 10.1 Å². The molecule has 0 spiro atoms. The van der Waals surface area contributed by atoms with E-state index in [1.54, 1.807) is 4.57 Å². The Morgan fingerprint density at radius 2 is 2.00 bits per heavy atom. The lowest BCUT2D eigenvalue weighted by molar-refractivity contribution is -0.278. The summed E-state index contributed by atoms with van der Waals surface area (Å²) in [5.41, 5.74) is 4.05. The predicted octanol–water partition coefficient (Wildman–Crippen LogP) is 4.04. The molecule has 0 atom stereocenters. The van der Waals surface area contributed by atoms with E-state index in [1.807, 2.05) is 53.9 Å². The molecule has 1 N–H and O–H groups in total. The van der Waals surface area contributed by atoms with Crippen LogP contribution in [0.2, 0.25) is 0 Å². The molecule has 6 heteroatoms. The van der Waals surface area contributed by atoms with Crippen LogP contribution >= 0.6 is 11.3 Å². The van der Waals surface area contributed by atoms with Crippen LogP contribution < -0.4 is 10.4 Å². The maximum atomic E-state index is 12.9. The third-order valence-corrected chi connectivity index (χ3v) is 5.72. The fourth-order valence-electron chi connectivity index (χ4n) is 3.76. The van der Waals surface area contributed by atoms with Crippen molar-refractivity contribution in [2.75, 3.05) is 5.32 Å². The third-order valence-electron chi connectivity index (χ3n) is 4.97. The number of para-hydroxylation sites is 1.